The summed E-state index contributed by atoms with van der Waals surface area (Å²) in [5, 5.41) is 4.09. The summed E-state index contributed by atoms with van der Waals surface area (Å²) in [4.78, 5) is 21.2. The molecule has 0 N–H and O–H groups in total. The van der Waals surface area contributed by atoms with Gasteiger partial charge in [-0.15, -0.1) is 0 Å². The molecule has 6 nitrogen and oxygen atoms in total. The van der Waals surface area contributed by atoms with Crippen molar-refractivity contribution < 1.29 is 4.79 Å². The molecule has 2 saturated heterocycles. The third-order valence-corrected chi connectivity index (χ3v) is 6.00. The van der Waals surface area contributed by atoms with E-state index in [1.54, 1.807) is 11.0 Å². The van der Waals surface area contributed by atoms with Gasteiger partial charge in [0.1, 0.15) is 12.7 Å². The van der Waals surface area contributed by atoms with E-state index in [4.69, 9.17) is 0 Å². The van der Waals surface area contributed by atoms with Gasteiger partial charge in [-0.05, 0) is 37.4 Å². The molecule has 2 aromatic rings. The number of likely N-dealkylation sites (tertiary alicyclic amines) is 2. The van der Waals surface area contributed by atoms with Crippen LogP contribution in [0.5, 0.6) is 0 Å². The average Bonchev–Trinajstić information content (AvgIpc) is 3.32. The van der Waals surface area contributed by atoms with Gasteiger partial charge < -0.3 is 4.90 Å². The highest BCUT2D eigenvalue weighted by atomic mass is 16.2. The lowest BCUT2D eigenvalue weighted by Crippen LogP contribution is -2.33. The molecule has 0 unspecified atom stereocenters. The van der Waals surface area contributed by atoms with E-state index in [-0.39, 0.29) is 5.91 Å². The zero-order valence-electron chi connectivity index (χ0n) is 15.6. The van der Waals surface area contributed by atoms with E-state index < -0.39 is 0 Å². The van der Waals surface area contributed by atoms with E-state index in [0.717, 1.165) is 32.6 Å². The van der Waals surface area contributed by atoms with Crippen LogP contribution < -0.4 is 0 Å². The van der Waals surface area contributed by atoms with Crippen LogP contribution in [-0.2, 0) is 11.3 Å². The van der Waals surface area contributed by atoms with Crippen LogP contribution in [0, 0.1) is 18.8 Å². The Bertz CT molecular complexity index is 759. The minimum absolute atomic E-state index is 0.283. The fraction of sp³-hybridized carbons (Fsp3) is 0.550. The molecule has 2 aliphatic heterocycles. The van der Waals surface area contributed by atoms with Crippen molar-refractivity contribution in [1.29, 1.82) is 0 Å². The van der Waals surface area contributed by atoms with E-state index in [1.165, 1.54) is 17.5 Å². The van der Waals surface area contributed by atoms with Crippen molar-refractivity contribution in [2.45, 2.75) is 32.4 Å². The summed E-state index contributed by atoms with van der Waals surface area (Å²) in [6, 6.07) is 9.10. The minimum atomic E-state index is 0.283. The summed E-state index contributed by atoms with van der Waals surface area (Å²) in [6.07, 6.45) is 4.64. The third kappa shape index (κ3) is 3.26. The highest BCUT2D eigenvalue weighted by molar-refractivity contribution is 5.76. The number of carbonyl (C=O) groups is 1. The van der Waals surface area contributed by atoms with Crippen LogP contribution in [0.4, 0.5) is 0 Å². The molecule has 1 aromatic carbocycles. The van der Waals surface area contributed by atoms with Crippen LogP contribution in [-0.4, -0.2) is 57.2 Å². The van der Waals surface area contributed by atoms with E-state index in [9.17, 15) is 4.79 Å². The first-order valence-corrected chi connectivity index (χ1v) is 9.49. The second-order valence-electron chi connectivity index (χ2n) is 7.73. The first kappa shape index (κ1) is 17.2. The molecule has 3 atom stereocenters. The van der Waals surface area contributed by atoms with Crippen LogP contribution in [0.2, 0.25) is 0 Å². The van der Waals surface area contributed by atoms with Gasteiger partial charge in [-0.1, -0.05) is 24.3 Å². The number of carbonyl (C=O) groups excluding carboxylic acids is 1. The molecule has 0 bridgehead atoms. The normalized spacial score (nSPS) is 25.6. The number of hydrogen-bond acceptors (Lipinski definition) is 4. The maximum atomic E-state index is 12.7. The minimum Gasteiger partial charge on any atom is -0.342 e. The molecular weight excluding hydrogens is 326 g/mol. The van der Waals surface area contributed by atoms with Gasteiger partial charge in [-0.25, -0.2) is 4.98 Å². The number of fused-ring (bicyclic) bond motifs is 1. The molecule has 138 valence electrons. The topological polar surface area (TPSA) is 54.3 Å². The van der Waals surface area contributed by atoms with Crippen molar-refractivity contribution in [3.63, 3.8) is 0 Å². The van der Waals surface area contributed by atoms with Crippen molar-refractivity contribution in [3.05, 3.63) is 48.0 Å². The van der Waals surface area contributed by atoms with Gasteiger partial charge in [0.15, 0.2) is 0 Å². The fourth-order valence-electron chi connectivity index (χ4n) is 4.75. The monoisotopic (exact) mass is 353 g/mol. The molecule has 0 radical (unpaired) electrons. The molecule has 1 amide bonds. The van der Waals surface area contributed by atoms with Crippen molar-refractivity contribution in [3.8, 4) is 0 Å². The largest absolute Gasteiger partial charge is 0.342 e. The Morgan fingerprint density at radius 3 is 2.85 bits per heavy atom. The van der Waals surface area contributed by atoms with E-state index >= 15 is 0 Å². The maximum Gasteiger partial charge on any atom is 0.222 e. The molecule has 1 aromatic heterocycles. The van der Waals surface area contributed by atoms with Gasteiger partial charge >= 0.3 is 0 Å². The Hall–Kier alpha value is -2.21. The third-order valence-electron chi connectivity index (χ3n) is 6.00. The molecule has 6 heteroatoms. The Kier molecular flexibility index (Phi) is 4.76. The molecule has 26 heavy (non-hydrogen) atoms. The zero-order chi connectivity index (χ0) is 18.1. The Labute approximate surface area is 154 Å². The Balaban J connectivity index is 1.38. The molecule has 0 spiro atoms. The molecule has 2 fully saturated rings. The second-order valence-corrected chi connectivity index (χ2v) is 7.73. The lowest BCUT2D eigenvalue weighted by atomic mass is 9.88. The summed E-state index contributed by atoms with van der Waals surface area (Å²) in [5.41, 5.74) is 2.77. The molecular formula is C20H27N5O. The van der Waals surface area contributed by atoms with Crippen LogP contribution in [0.3, 0.4) is 0 Å². The fourth-order valence-corrected chi connectivity index (χ4v) is 4.75. The van der Waals surface area contributed by atoms with Crippen molar-refractivity contribution >= 4 is 5.91 Å². The van der Waals surface area contributed by atoms with Gasteiger partial charge in [0, 0.05) is 44.6 Å². The zero-order valence-corrected chi connectivity index (χ0v) is 15.6. The smallest absolute Gasteiger partial charge is 0.222 e. The summed E-state index contributed by atoms with van der Waals surface area (Å²) < 4.78 is 1.79. The maximum absolute atomic E-state index is 12.7. The molecule has 4 rings (SSSR count). The lowest BCUT2D eigenvalue weighted by molar-refractivity contribution is -0.130. The second kappa shape index (κ2) is 7.19. The van der Waals surface area contributed by atoms with Crippen molar-refractivity contribution in [2.75, 3.05) is 26.7 Å². The van der Waals surface area contributed by atoms with Crippen LogP contribution in [0.25, 0.3) is 0 Å². The predicted molar refractivity (Wildman–Crippen MR) is 99.4 cm³/mol. The average molecular weight is 353 g/mol. The number of aromatic nitrogens is 3. The van der Waals surface area contributed by atoms with Gasteiger partial charge in [-0.3, -0.25) is 14.4 Å². The summed E-state index contributed by atoms with van der Waals surface area (Å²) in [7, 11) is 2.22. The van der Waals surface area contributed by atoms with Gasteiger partial charge in [-0.2, -0.15) is 5.10 Å². The highest BCUT2D eigenvalue weighted by Gasteiger charge is 2.47. The summed E-state index contributed by atoms with van der Waals surface area (Å²) in [5.74, 6) is 1.41. The van der Waals surface area contributed by atoms with Crippen LogP contribution in [0.1, 0.15) is 30.0 Å². The van der Waals surface area contributed by atoms with E-state index in [1.807, 2.05) is 0 Å². The van der Waals surface area contributed by atoms with E-state index in [2.05, 4.69) is 58.1 Å². The molecule has 0 saturated carbocycles. The number of benzene rings is 1. The van der Waals surface area contributed by atoms with E-state index in [0.29, 0.717) is 24.3 Å². The number of amides is 1. The first-order valence-electron chi connectivity index (χ1n) is 9.49. The first-order chi connectivity index (χ1) is 12.6. The van der Waals surface area contributed by atoms with Crippen LogP contribution in [0.15, 0.2) is 36.9 Å². The van der Waals surface area contributed by atoms with Gasteiger partial charge in [0.2, 0.25) is 5.91 Å². The summed E-state index contributed by atoms with van der Waals surface area (Å²) in [6.45, 7) is 5.81. The Morgan fingerprint density at radius 1 is 1.23 bits per heavy atom. The summed E-state index contributed by atoms with van der Waals surface area (Å²) >= 11 is 0. The highest BCUT2D eigenvalue weighted by Crippen LogP contribution is 2.44. The van der Waals surface area contributed by atoms with Crippen molar-refractivity contribution in [2.24, 2.45) is 11.8 Å². The number of nitrogens with zero attached hydrogens (tertiary/aromatic N) is 5. The van der Waals surface area contributed by atoms with Crippen LogP contribution >= 0.6 is 0 Å². The number of aryl methyl sites for hydroxylation is 2. The van der Waals surface area contributed by atoms with Gasteiger partial charge in [0.05, 0.1) is 0 Å². The quantitative estimate of drug-likeness (QED) is 0.826. The standard InChI is InChI=1S/C20H27N5O/c1-15-6-3-4-7-17(15)20-18-12-24(11-16(18)10-23(20)2)19(26)8-5-9-25-14-21-13-22-25/h3-4,6-7,13-14,16,18,20H,5,8-12H2,1-2H3/t16-,18+,20+/m0/s1. The molecule has 2 aliphatic rings. The Morgan fingerprint density at radius 2 is 2.08 bits per heavy atom. The SMILES string of the molecule is Cc1ccccc1[C@@H]1[C@@H]2CN(C(=O)CCCn3cncn3)C[C@@H]2CN1C. The van der Waals surface area contributed by atoms with Crippen molar-refractivity contribution in [1.82, 2.24) is 24.6 Å². The molecule has 3 heterocycles. The van der Waals surface area contributed by atoms with Gasteiger partial charge in [0.25, 0.3) is 0 Å². The molecule has 0 aliphatic carbocycles. The number of rotatable bonds is 5. The predicted octanol–water partition coefficient (Wildman–Crippen LogP) is 2.13. The number of hydrogen-bond donors (Lipinski definition) is 0. The lowest BCUT2D eigenvalue weighted by Gasteiger charge is -2.28.